The number of carbonyl (C=O) groups is 1. The molecule has 4 nitrogen and oxygen atoms in total. The molecule has 0 aromatic rings. The van der Waals surface area contributed by atoms with Gasteiger partial charge in [-0.25, -0.2) is 0 Å². The van der Waals surface area contributed by atoms with Crippen LogP contribution in [0.15, 0.2) is 0 Å². The summed E-state index contributed by atoms with van der Waals surface area (Å²) in [4.78, 5) is 10.3. The fourth-order valence-corrected chi connectivity index (χ4v) is 0.347. The van der Waals surface area contributed by atoms with E-state index in [9.17, 15) is 4.79 Å². The minimum atomic E-state index is -1.50. The van der Waals surface area contributed by atoms with Gasteiger partial charge in [-0.2, -0.15) is 0 Å². The standard InChI is InChI=1S/C3H7BClNO3/c5-1-3(7)6-2-4(8)9/h8-9H,1-2H2,(H,6,7). The number of rotatable bonds is 3. The molecule has 52 valence electrons. The Hall–Kier alpha value is -0.255. The number of alkyl halides is 1. The van der Waals surface area contributed by atoms with E-state index >= 15 is 0 Å². The van der Waals surface area contributed by atoms with Crippen LogP contribution < -0.4 is 5.32 Å². The Balaban J connectivity index is 3.17. The fraction of sp³-hybridized carbons (Fsp3) is 0.667. The van der Waals surface area contributed by atoms with Crippen molar-refractivity contribution < 1.29 is 14.8 Å². The average molecular weight is 151 g/mol. The van der Waals surface area contributed by atoms with Crippen molar-refractivity contribution in [1.82, 2.24) is 5.32 Å². The second-order valence-corrected chi connectivity index (χ2v) is 1.69. The highest BCUT2D eigenvalue weighted by Gasteiger charge is 2.07. The number of halogens is 1. The van der Waals surface area contributed by atoms with Gasteiger partial charge in [0, 0.05) is 0 Å². The summed E-state index contributed by atoms with van der Waals surface area (Å²) >= 11 is 5.06. The topological polar surface area (TPSA) is 69.6 Å². The second-order valence-electron chi connectivity index (χ2n) is 1.42. The van der Waals surface area contributed by atoms with Crippen LogP contribution in [0.3, 0.4) is 0 Å². The molecule has 0 heterocycles. The van der Waals surface area contributed by atoms with Crippen molar-refractivity contribution >= 4 is 24.6 Å². The molecule has 0 aromatic carbocycles. The molecule has 0 radical (unpaired) electrons. The van der Waals surface area contributed by atoms with Gasteiger partial charge in [-0.05, 0) is 0 Å². The molecule has 0 atom stereocenters. The van der Waals surface area contributed by atoms with Gasteiger partial charge in [0.1, 0.15) is 5.88 Å². The van der Waals surface area contributed by atoms with Crippen molar-refractivity contribution in [2.24, 2.45) is 0 Å². The van der Waals surface area contributed by atoms with Crippen LogP contribution in [-0.2, 0) is 4.79 Å². The molecule has 0 aliphatic heterocycles. The van der Waals surface area contributed by atoms with Gasteiger partial charge in [0.15, 0.2) is 0 Å². The second kappa shape index (κ2) is 4.61. The van der Waals surface area contributed by atoms with Crippen LogP contribution in [0.4, 0.5) is 0 Å². The zero-order chi connectivity index (χ0) is 7.28. The molecule has 0 saturated heterocycles. The molecule has 3 N–H and O–H groups in total. The fourth-order valence-electron chi connectivity index (χ4n) is 0.252. The lowest BCUT2D eigenvalue weighted by molar-refractivity contribution is -0.118. The van der Waals surface area contributed by atoms with Crippen molar-refractivity contribution in [3.63, 3.8) is 0 Å². The first-order valence-corrected chi connectivity index (χ1v) is 2.89. The van der Waals surface area contributed by atoms with Gasteiger partial charge >= 0.3 is 7.12 Å². The predicted molar refractivity (Wildman–Crippen MR) is 33.9 cm³/mol. The van der Waals surface area contributed by atoms with E-state index in [4.69, 9.17) is 21.6 Å². The largest absolute Gasteiger partial charge is 0.472 e. The summed E-state index contributed by atoms with van der Waals surface area (Å²) in [5.41, 5.74) is 0. The first-order valence-electron chi connectivity index (χ1n) is 2.35. The van der Waals surface area contributed by atoms with Gasteiger partial charge in [-0.15, -0.1) is 11.6 Å². The lowest BCUT2D eigenvalue weighted by Crippen LogP contribution is -2.35. The highest BCUT2D eigenvalue weighted by Crippen LogP contribution is 1.73. The summed E-state index contributed by atoms with van der Waals surface area (Å²) in [6.07, 6.45) is -0.175. The van der Waals surface area contributed by atoms with Crippen molar-refractivity contribution in [3.05, 3.63) is 0 Å². The highest BCUT2D eigenvalue weighted by atomic mass is 35.5. The minimum Gasteiger partial charge on any atom is -0.426 e. The van der Waals surface area contributed by atoms with Crippen LogP contribution >= 0.6 is 11.6 Å². The van der Waals surface area contributed by atoms with Crippen molar-refractivity contribution in [2.45, 2.75) is 0 Å². The molecular formula is C3H7BClNO3. The Morgan fingerprint density at radius 1 is 1.67 bits per heavy atom. The molecule has 6 heteroatoms. The van der Waals surface area contributed by atoms with E-state index in [1.165, 1.54) is 0 Å². The van der Waals surface area contributed by atoms with E-state index < -0.39 is 13.0 Å². The van der Waals surface area contributed by atoms with Crippen LogP contribution in [0.5, 0.6) is 0 Å². The van der Waals surface area contributed by atoms with E-state index in [1.807, 2.05) is 0 Å². The molecule has 0 aliphatic rings. The summed E-state index contributed by atoms with van der Waals surface area (Å²) in [7, 11) is -1.50. The smallest absolute Gasteiger partial charge is 0.426 e. The number of nitrogens with one attached hydrogen (secondary N) is 1. The maximum atomic E-state index is 10.3. The van der Waals surface area contributed by atoms with Gasteiger partial charge in [0.2, 0.25) is 5.91 Å². The number of hydrogen-bond acceptors (Lipinski definition) is 3. The minimum absolute atomic E-state index is 0.160. The third-order valence-electron chi connectivity index (χ3n) is 0.603. The Morgan fingerprint density at radius 2 is 2.22 bits per heavy atom. The predicted octanol–water partition coefficient (Wildman–Crippen LogP) is -1.65. The van der Waals surface area contributed by atoms with Crippen LogP contribution in [0.1, 0.15) is 0 Å². The number of amides is 1. The van der Waals surface area contributed by atoms with E-state index in [-0.39, 0.29) is 12.3 Å². The molecule has 0 fully saturated rings. The van der Waals surface area contributed by atoms with Gasteiger partial charge in [0.05, 0.1) is 6.44 Å². The normalized spacial score (nSPS) is 8.78. The Labute approximate surface area is 58.0 Å². The summed E-state index contributed by atoms with van der Waals surface area (Å²) in [5, 5.41) is 18.5. The zero-order valence-electron chi connectivity index (χ0n) is 4.67. The highest BCUT2D eigenvalue weighted by molar-refractivity contribution is 6.41. The van der Waals surface area contributed by atoms with Gasteiger partial charge in [-0.1, -0.05) is 0 Å². The molecule has 9 heavy (non-hydrogen) atoms. The Morgan fingerprint density at radius 3 is 2.56 bits per heavy atom. The maximum absolute atomic E-state index is 10.3. The third-order valence-corrected chi connectivity index (χ3v) is 0.846. The first-order chi connectivity index (χ1) is 4.16. The summed E-state index contributed by atoms with van der Waals surface area (Å²) in [5.74, 6) is -0.572. The van der Waals surface area contributed by atoms with Gasteiger partial charge in [-0.3, -0.25) is 4.79 Å². The molecule has 0 spiro atoms. The summed E-state index contributed by atoms with van der Waals surface area (Å²) < 4.78 is 0. The van der Waals surface area contributed by atoms with E-state index in [0.717, 1.165) is 0 Å². The van der Waals surface area contributed by atoms with Crippen LogP contribution in [0, 0.1) is 0 Å². The molecule has 0 rings (SSSR count). The Bertz CT molecular complexity index is 99.1. The van der Waals surface area contributed by atoms with Crippen molar-refractivity contribution in [1.29, 1.82) is 0 Å². The SMILES string of the molecule is O=C(CCl)NCB(O)O. The summed E-state index contributed by atoms with van der Waals surface area (Å²) in [6.45, 7) is 0. The number of carbonyl (C=O) groups excluding carboxylic acids is 1. The monoisotopic (exact) mass is 151 g/mol. The van der Waals surface area contributed by atoms with Crippen LogP contribution in [0.25, 0.3) is 0 Å². The van der Waals surface area contributed by atoms with E-state index in [2.05, 4.69) is 5.32 Å². The molecular weight excluding hydrogens is 144 g/mol. The quantitative estimate of drug-likeness (QED) is 0.334. The molecule has 0 bridgehead atoms. The van der Waals surface area contributed by atoms with Crippen LogP contribution in [0.2, 0.25) is 0 Å². The molecule has 0 aliphatic carbocycles. The molecule has 0 saturated carbocycles. The van der Waals surface area contributed by atoms with Crippen molar-refractivity contribution in [3.8, 4) is 0 Å². The van der Waals surface area contributed by atoms with E-state index in [0.29, 0.717) is 0 Å². The van der Waals surface area contributed by atoms with E-state index in [1.54, 1.807) is 0 Å². The van der Waals surface area contributed by atoms with Gasteiger partial charge < -0.3 is 15.4 Å². The Kier molecular flexibility index (Phi) is 4.48. The molecule has 1 amide bonds. The number of hydrogen-bond donors (Lipinski definition) is 3. The van der Waals surface area contributed by atoms with Crippen molar-refractivity contribution in [2.75, 3.05) is 12.3 Å². The summed E-state index contributed by atoms with van der Waals surface area (Å²) in [6, 6.07) is 0. The zero-order valence-corrected chi connectivity index (χ0v) is 5.43. The molecule has 0 unspecified atom stereocenters. The molecule has 0 aromatic heterocycles. The first kappa shape index (κ1) is 8.74. The lowest BCUT2D eigenvalue weighted by atomic mass is 9.93. The van der Waals surface area contributed by atoms with Crippen LogP contribution in [-0.4, -0.2) is 35.4 Å². The third kappa shape index (κ3) is 5.62. The maximum Gasteiger partial charge on any atom is 0.472 e. The van der Waals surface area contributed by atoms with Gasteiger partial charge in [0.25, 0.3) is 0 Å². The lowest BCUT2D eigenvalue weighted by Gasteiger charge is -1.98. The average Bonchev–Trinajstić information content (AvgIpc) is 1.83.